The number of methoxy groups -OCH3 is 3. The summed E-state index contributed by atoms with van der Waals surface area (Å²) in [5.74, 6) is 0.545. The van der Waals surface area contributed by atoms with Gasteiger partial charge in [0.1, 0.15) is 12.3 Å². The van der Waals surface area contributed by atoms with Gasteiger partial charge < -0.3 is 19.5 Å². The van der Waals surface area contributed by atoms with Gasteiger partial charge in [-0.25, -0.2) is 8.42 Å². The van der Waals surface area contributed by atoms with Crippen LogP contribution in [-0.4, -0.2) is 42.2 Å². The van der Waals surface area contributed by atoms with Crippen LogP contribution in [0.4, 0.5) is 11.4 Å². The van der Waals surface area contributed by atoms with Gasteiger partial charge in [0, 0.05) is 11.8 Å². The highest BCUT2D eigenvalue weighted by Crippen LogP contribution is 2.32. The van der Waals surface area contributed by atoms with Crippen LogP contribution in [0, 0.1) is 11.3 Å². The topological polar surface area (TPSA) is 118 Å². The minimum atomic E-state index is -4.19. The number of nitriles is 1. The molecule has 1 N–H and O–H groups in total. The van der Waals surface area contributed by atoms with E-state index in [1.54, 1.807) is 42.5 Å². The van der Waals surface area contributed by atoms with E-state index in [1.165, 1.54) is 45.6 Å². The van der Waals surface area contributed by atoms with Crippen molar-refractivity contribution in [3.05, 3.63) is 72.3 Å². The van der Waals surface area contributed by atoms with Crippen molar-refractivity contribution in [3.8, 4) is 23.3 Å². The predicted molar refractivity (Wildman–Crippen MR) is 127 cm³/mol. The first-order valence-corrected chi connectivity index (χ1v) is 11.4. The summed E-state index contributed by atoms with van der Waals surface area (Å²) in [5.41, 5.74) is 1.00. The number of amides is 1. The highest BCUT2D eigenvalue weighted by Gasteiger charge is 2.28. The van der Waals surface area contributed by atoms with Gasteiger partial charge in [0.15, 0.2) is 11.5 Å². The molecule has 9 nitrogen and oxygen atoms in total. The van der Waals surface area contributed by atoms with Crippen LogP contribution >= 0.6 is 0 Å². The molecule has 3 rings (SSSR count). The highest BCUT2D eigenvalue weighted by atomic mass is 32.2. The fourth-order valence-electron chi connectivity index (χ4n) is 3.17. The van der Waals surface area contributed by atoms with Gasteiger partial charge in [-0.15, -0.1) is 0 Å². The Hall–Kier alpha value is -4.23. The SMILES string of the molecule is COc1ccc(N(CC(=O)Nc2cccc(C#N)c2)S(=O)(=O)c2ccc(OC)c(OC)c2)cc1. The minimum Gasteiger partial charge on any atom is -0.497 e. The van der Waals surface area contributed by atoms with Crippen LogP contribution in [0.5, 0.6) is 17.2 Å². The molecule has 0 bridgehead atoms. The molecule has 0 saturated carbocycles. The standard InChI is InChI=1S/C24H23N3O6S/c1-31-20-9-7-19(8-10-20)27(16-24(28)26-18-6-4-5-17(13-18)15-25)34(29,30)21-11-12-22(32-2)23(14-21)33-3/h4-14H,16H2,1-3H3,(H,26,28). The lowest BCUT2D eigenvalue weighted by Gasteiger charge is -2.24. The van der Waals surface area contributed by atoms with Crippen molar-refractivity contribution in [1.29, 1.82) is 5.26 Å². The molecule has 0 spiro atoms. The number of sulfonamides is 1. The van der Waals surface area contributed by atoms with Gasteiger partial charge in [0.2, 0.25) is 5.91 Å². The number of carbonyl (C=O) groups is 1. The summed E-state index contributed by atoms with van der Waals surface area (Å²) in [7, 11) is 0.155. The van der Waals surface area contributed by atoms with E-state index in [0.717, 1.165) is 4.31 Å². The number of nitrogens with one attached hydrogen (secondary N) is 1. The first-order valence-electron chi connectivity index (χ1n) is 10.0. The molecule has 0 aromatic heterocycles. The van der Waals surface area contributed by atoms with Crippen molar-refractivity contribution in [2.24, 2.45) is 0 Å². The Morgan fingerprint density at radius 2 is 1.65 bits per heavy atom. The third-order valence-corrected chi connectivity index (χ3v) is 6.64. The maximum absolute atomic E-state index is 13.6. The number of benzene rings is 3. The van der Waals surface area contributed by atoms with Crippen molar-refractivity contribution in [3.63, 3.8) is 0 Å². The molecule has 34 heavy (non-hydrogen) atoms. The minimum absolute atomic E-state index is 0.0831. The van der Waals surface area contributed by atoms with Crippen LogP contribution in [0.15, 0.2) is 71.6 Å². The molecule has 0 aliphatic heterocycles. The van der Waals surface area contributed by atoms with Crippen LogP contribution in [0.25, 0.3) is 0 Å². The van der Waals surface area contributed by atoms with E-state index in [-0.39, 0.29) is 16.3 Å². The Kier molecular flexibility index (Phi) is 7.60. The van der Waals surface area contributed by atoms with Gasteiger partial charge in [-0.1, -0.05) is 6.07 Å². The molecule has 0 fully saturated rings. The van der Waals surface area contributed by atoms with E-state index in [9.17, 15) is 13.2 Å². The van der Waals surface area contributed by atoms with E-state index >= 15 is 0 Å². The average molecular weight is 482 g/mol. The van der Waals surface area contributed by atoms with Gasteiger partial charge in [-0.05, 0) is 54.6 Å². The molecule has 0 heterocycles. The maximum atomic E-state index is 13.6. The summed E-state index contributed by atoms with van der Waals surface area (Å²) in [5, 5.41) is 11.7. The third kappa shape index (κ3) is 5.39. The van der Waals surface area contributed by atoms with Crippen molar-refractivity contribution >= 4 is 27.3 Å². The van der Waals surface area contributed by atoms with Crippen LogP contribution in [0.2, 0.25) is 0 Å². The van der Waals surface area contributed by atoms with Gasteiger partial charge in [-0.2, -0.15) is 5.26 Å². The molecular weight excluding hydrogens is 458 g/mol. The zero-order chi connectivity index (χ0) is 24.7. The Morgan fingerprint density at radius 3 is 2.26 bits per heavy atom. The Morgan fingerprint density at radius 1 is 0.941 bits per heavy atom. The van der Waals surface area contributed by atoms with Crippen molar-refractivity contribution in [2.75, 3.05) is 37.5 Å². The van der Waals surface area contributed by atoms with E-state index in [1.807, 2.05) is 6.07 Å². The second-order valence-electron chi connectivity index (χ2n) is 6.97. The first-order chi connectivity index (χ1) is 16.3. The molecule has 0 aliphatic carbocycles. The van der Waals surface area contributed by atoms with Gasteiger partial charge in [0.25, 0.3) is 10.0 Å². The summed E-state index contributed by atoms with van der Waals surface area (Å²) in [6.07, 6.45) is 0. The number of anilines is 2. The molecule has 0 aliphatic rings. The summed E-state index contributed by atoms with van der Waals surface area (Å²) < 4.78 is 43.8. The molecule has 0 radical (unpaired) electrons. The number of ether oxygens (including phenoxy) is 3. The molecule has 3 aromatic rings. The van der Waals surface area contributed by atoms with E-state index in [0.29, 0.717) is 22.7 Å². The monoisotopic (exact) mass is 481 g/mol. The Balaban J connectivity index is 1.99. The number of carbonyl (C=O) groups excluding carboxylic acids is 1. The normalized spacial score (nSPS) is 10.6. The summed E-state index contributed by atoms with van der Waals surface area (Å²) in [4.78, 5) is 12.8. The predicted octanol–water partition coefficient (Wildman–Crippen LogP) is 3.42. The lowest BCUT2D eigenvalue weighted by atomic mass is 10.2. The zero-order valence-electron chi connectivity index (χ0n) is 18.8. The van der Waals surface area contributed by atoms with Crippen LogP contribution < -0.4 is 23.8 Å². The molecule has 1 amide bonds. The second kappa shape index (κ2) is 10.6. The molecule has 3 aromatic carbocycles. The fourth-order valence-corrected chi connectivity index (χ4v) is 4.60. The zero-order valence-corrected chi connectivity index (χ0v) is 19.6. The van der Waals surface area contributed by atoms with Crippen LogP contribution in [-0.2, 0) is 14.8 Å². The van der Waals surface area contributed by atoms with E-state index < -0.39 is 22.5 Å². The number of hydrogen-bond acceptors (Lipinski definition) is 7. The molecular formula is C24H23N3O6S. The Bertz CT molecular complexity index is 1320. The first kappa shape index (κ1) is 24.4. The van der Waals surface area contributed by atoms with Crippen LogP contribution in [0.1, 0.15) is 5.56 Å². The van der Waals surface area contributed by atoms with Crippen molar-refractivity contribution in [2.45, 2.75) is 4.90 Å². The molecule has 0 atom stereocenters. The van der Waals surface area contributed by atoms with Gasteiger partial charge >= 0.3 is 0 Å². The van der Waals surface area contributed by atoms with E-state index in [4.69, 9.17) is 19.5 Å². The Labute approximate surface area is 198 Å². The molecule has 0 unspecified atom stereocenters. The second-order valence-corrected chi connectivity index (χ2v) is 8.83. The molecule has 176 valence electrons. The highest BCUT2D eigenvalue weighted by molar-refractivity contribution is 7.92. The average Bonchev–Trinajstić information content (AvgIpc) is 2.86. The summed E-state index contributed by atoms with van der Waals surface area (Å²) >= 11 is 0. The quantitative estimate of drug-likeness (QED) is 0.497. The lowest BCUT2D eigenvalue weighted by Crippen LogP contribution is -2.38. The van der Waals surface area contributed by atoms with Crippen LogP contribution in [0.3, 0.4) is 0 Å². The number of hydrogen-bond donors (Lipinski definition) is 1. The maximum Gasteiger partial charge on any atom is 0.264 e. The summed E-state index contributed by atoms with van der Waals surface area (Å²) in [6.45, 7) is -0.514. The smallest absolute Gasteiger partial charge is 0.264 e. The largest absolute Gasteiger partial charge is 0.497 e. The van der Waals surface area contributed by atoms with Crippen molar-refractivity contribution < 1.29 is 27.4 Å². The van der Waals surface area contributed by atoms with Gasteiger partial charge in [-0.3, -0.25) is 9.10 Å². The number of nitrogens with zero attached hydrogens (tertiary/aromatic N) is 2. The lowest BCUT2D eigenvalue weighted by molar-refractivity contribution is -0.114. The third-order valence-electron chi connectivity index (χ3n) is 4.87. The number of rotatable bonds is 9. The van der Waals surface area contributed by atoms with Gasteiger partial charge in [0.05, 0.1) is 43.5 Å². The molecule has 10 heteroatoms. The summed E-state index contributed by atoms with van der Waals surface area (Å²) in [6, 6.07) is 18.8. The fraction of sp³-hybridized carbons (Fsp3) is 0.167. The van der Waals surface area contributed by atoms with Crippen molar-refractivity contribution in [1.82, 2.24) is 0 Å². The van der Waals surface area contributed by atoms with E-state index in [2.05, 4.69) is 5.32 Å². The molecule has 0 saturated heterocycles.